The van der Waals surface area contributed by atoms with Crippen LogP contribution in [0.3, 0.4) is 0 Å². The van der Waals surface area contributed by atoms with E-state index in [1.165, 1.54) is 212 Å². The van der Waals surface area contributed by atoms with E-state index < -0.39 is 67.4 Å². The van der Waals surface area contributed by atoms with Crippen molar-refractivity contribution in [3.8, 4) is 0 Å². The third kappa shape index (κ3) is 48.9. The summed E-state index contributed by atoms with van der Waals surface area (Å²) < 4.78 is 17.7. The molecule has 0 bridgehead atoms. The number of amides is 1. The molecule has 0 aliphatic carbocycles. The Bertz CT molecular complexity index is 1620. The van der Waals surface area contributed by atoms with E-state index >= 15 is 0 Å². The summed E-state index contributed by atoms with van der Waals surface area (Å²) in [5, 5.41) is 57.3. The minimum atomic E-state index is -1.62. The summed E-state index contributed by atoms with van der Waals surface area (Å²) in [6.07, 6.45) is 68.2. The first kappa shape index (κ1) is 80.4. The van der Waals surface area contributed by atoms with Gasteiger partial charge in [-0.15, -0.1) is 0 Å². The van der Waals surface area contributed by atoms with Crippen LogP contribution in [0, 0.1) is 0 Å². The van der Waals surface area contributed by atoms with Crippen molar-refractivity contribution in [3.05, 3.63) is 60.8 Å². The van der Waals surface area contributed by atoms with Gasteiger partial charge < -0.3 is 45.1 Å². The number of esters is 1. The molecule has 1 aliphatic heterocycles. The van der Waals surface area contributed by atoms with E-state index in [-0.39, 0.29) is 19.4 Å². The van der Waals surface area contributed by atoms with Crippen molar-refractivity contribution in [2.75, 3.05) is 13.2 Å². The standard InChI is InChI=1S/C74H135NO10/c1-4-7-10-13-16-19-22-25-27-29-31-33-34-35-37-39-41-44-47-50-53-56-59-62-69(79)85-72-71(81)70(80)68(63-76)84-74(72)83-64-65(66(77)60-57-54-51-48-45-42-24-21-18-15-12-9-6-3)75-73(82)67(78)61-58-55-52-49-46-43-40-38-36-32-30-28-26-23-20-17-14-11-8-5-2/h16-17,19-20,25-28,57,60,65-68,70-72,74,76-78,80-81H,4-15,18,21-24,29-56,58-59,61-64H2,1-3H3,(H,75,82)/b19-16-,20-17-,27-25-,28-26-,60-57+. The van der Waals surface area contributed by atoms with Gasteiger partial charge in [0.2, 0.25) is 5.91 Å². The van der Waals surface area contributed by atoms with E-state index in [4.69, 9.17) is 14.2 Å². The van der Waals surface area contributed by atoms with Crippen LogP contribution in [0.25, 0.3) is 0 Å². The summed E-state index contributed by atoms with van der Waals surface area (Å²) in [6, 6.07) is -1.03. The zero-order valence-electron chi connectivity index (χ0n) is 55.2. The van der Waals surface area contributed by atoms with E-state index in [0.29, 0.717) is 12.8 Å². The highest BCUT2D eigenvalue weighted by Crippen LogP contribution is 2.26. The van der Waals surface area contributed by atoms with Gasteiger partial charge in [0.15, 0.2) is 12.4 Å². The van der Waals surface area contributed by atoms with Crippen LogP contribution in [0.2, 0.25) is 0 Å². The molecule has 0 aromatic carbocycles. The van der Waals surface area contributed by atoms with E-state index in [1.54, 1.807) is 6.08 Å². The van der Waals surface area contributed by atoms with Crippen LogP contribution in [0.5, 0.6) is 0 Å². The number of aliphatic hydroxyl groups excluding tert-OH is 5. The van der Waals surface area contributed by atoms with Crippen LogP contribution in [-0.2, 0) is 23.8 Å². The lowest BCUT2D eigenvalue weighted by molar-refractivity contribution is -0.305. The Balaban J connectivity index is 2.58. The molecule has 1 aliphatic rings. The van der Waals surface area contributed by atoms with Crippen molar-refractivity contribution in [1.82, 2.24) is 5.32 Å². The quantitative estimate of drug-likeness (QED) is 0.0195. The maximum absolute atomic E-state index is 13.5. The molecule has 8 atom stereocenters. The Kier molecular flexibility index (Phi) is 58.2. The number of unbranched alkanes of at least 4 members (excludes halogenated alkanes) is 40. The molecule has 6 N–H and O–H groups in total. The second-order valence-electron chi connectivity index (χ2n) is 25.0. The van der Waals surface area contributed by atoms with Gasteiger partial charge in [0.1, 0.15) is 24.4 Å². The zero-order valence-corrected chi connectivity index (χ0v) is 55.2. The van der Waals surface area contributed by atoms with Crippen LogP contribution < -0.4 is 5.32 Å². The molecule has 1 fully saturated rings. The number of hydrogen-bond donors (Lipinski definition) is 6. The van der Waals surface area contributed by atoms with Gasteiger partial charge in [0, 0.05) is 6.42 Å². The Morgan fingerprint density at radius 2 is 0.812 bits per heavy atom. The number of allylic oxidation sites excluding steroid dienone is 9. The van der Waals surface area contributed by atoms with E-state index in [2.05, 4.69) is 74.7 Å². The summed E-state index contributed by atoms with van der Waals surface area (Å²) in [4.78, 5) is 26.7. The summed E-state index contributed by atoms with van der Waals surface area (Å²) in [5.41, 5.74) is 0. The monoisotopic (exact) mass is 1200 g/mol. The first-order valence-electron chi connectivity index (χ1n) is 36.1. The number of nitrogens with one attached hydrogen (secondary N) is 1. The van der Waals surface area contributed by atoms with Crippen molar-refractivity contribution < 1.29 is 49.3 Å². The minimum Gasteiger partial charge on any atom is -0.454 e. The largest absolute Gasteiger partial charge is 0.454 e. The molecule has 1 saturated heterocycles. The number of carbonyl (C=O) groups excluding carboxylic acids is 2. The highest BCUT2D eigenvalue weighted by molar-refractivity contribution is 5.80. The van der Waals surface area contributed by atoms with Gasteiger partial charge in [-0.1, -0.05) is 300 Å². The Morgan fingerprint density at radius 3 is 1.22 bits per heavy atom. The van der Waals surface area contributed by atoms with Crippen LogP contribution in [0.15, 0.2) is 60.8 Å². The van der Waals surface area contributed by atoms with E-state index in [0.717, 1.165) is 77.0 Å². The molecule has 8 unspecified atom stereocenters. The smallest absolute Gasteiger partial charge is 0.306 e. The molecule has 11 heteroatoms. The highest BCUT2D eigenvalue weighted by Gasteiger charge is 2.47. The predicted octanol–water partition coefficient (Wildman–Crippen LogP) is 18.5. The van der Waals surface area contributed by atoms with Crippen molar-refractivity contribution >= 4 is 11.9 Å². The van der Waals surface area contributed by atoms with Gasteiger partial charge in [0.05, 0.1) is 25.4 Å². The summed E-state index contributed by atoms with van der Waals surface area (Å²) in [7, 11) is 0. The third-order valence-corrected chi connectivity index (χ3v) is 16.9. The molecule has 85 heavy (non-hydrogen) atoms. The molecule has 1 amide bonds. The molecule has 1 heterocycles. The van der Waals surface area contributed by atoms with Crippen molar-refractivity contribution in [1.29, 1.82) is 0 Å². The number of hydrogen-bond acceptors (Lipinski definition) is 10. The minimum absolute atomic E-state index is 0.123. The predicted molar refractivity (Wildman–Crippen MR) is 356 cm³/mol. The van der Waals surface area contributed by atoms with Crippen LogP contribution in [0.1, 0.15) is 335 Å². The second kappa shape index (κ2) is 61.6. The fraction of sp³-hybridized carbons (Fsp3) is 0.838. The van der Waals surface area contributed by atoms with Gasteiger partial charge in [-0.05, 0) is 89.9 Å². The lowest BCUT2D eigenvalue weighted by Crippen LogP contribution is -2.61. The molecule has 0 radical (unpaired) electrons. The lowest BCUT2D eigenvalue weighted by Gasteiger charge is -2.41. The molecule has 0 aromatic rings. The van der Waals surface area contributed by atoms with Crippen LogP contribution in [0.4, 0.5) is 0 Å². The normalized spacial score (nSPS) is 18.7. The van der Waals surface area contributed by atoms with Gasteiger partial charge >= 0.3 is 5.97 Å². The number of carbonyl (C=O) groups is 2. The molecular formula is C74H135NO10. The van der Waals surface area contributed by atoms with Gasteiger partial charge in [-0.2, -0.15) is 0 Å². The number of aliphatic hydroxyl groups is 5. The topological polar surface area (TPSA) is 175 Å². The lowest BCUT2D eigenvalue weighted by atomic mass is 9.99. The Hall–Kier alpha value is -2.64. The molecular weight excluding hydrogens is 1060 g/mol. The first-order valence-corrected chi connectivity index (χ1v) is 36.1. The van der Waals surface area contributed by atoms with Crippen LogP contribution in [-0.4, -0.2) is 99.6 Å². The highest BCUT2D eigenvalue weighted by atomic mass is 16.7. The Morgan fingerprint density at radius 1 is 0.459 bits per heavy atom. The maximum Gasteiger partial charge on any atom is 0.306 e. The van der Waals surface area contributed by atoms with Crippen LogP contribution >= 0.6 is 0 Å². The average Bonchev–Trinajstić information content (AvgIpc) is 2.49. The Labute approximate surface area is 522 Å². The van der Waals surface area contributed by atoms with Crippen molar-refractivity contribution in [2.45, 2.75) is 384 Å². The van der Waals surface area contributed by atoms with E-state index in [9.17, 15) is 35.1 Å². The molecule has 11 nitrogen and oxygen atoms in total. The summed E-state index contributed by atoms with van der Waals surface area (Å²) >= 11 is 0. The number of rotatable bonds is 62. The molecule has 0 aromatic heterocycles. The summed E-state index contributed by atoms with van der Waals surface area (Å²) in [5.74, 6) is -1.19. The zero-order chi connectivity index (χ0) is 61.7. The SMILES string of the molecule is CCCCC/C=C\C/C=C\CCCCCCCCCCCCCCCC(=O)OC1C(OCC(NC(=O)C(O)CCCCCCCCCCCC/C=C\C/C=C\CCCCC)C(O)/C=C/CCCCCCCCCCCCC)OC(CO)C(O)C1O. The molecule has 0 spiro atoms. The van der Waals surface area contributed by atoms with Crippen molar-refractivity contribution in [3.63, 3.8) is 0 Å². The average molecular weight is 1200 g/mol. The molecule has 1 rings (SSSR count). The summed E-state index contributed by atoms with van der Waals surface area (Å²) in [6.45, 7) is 5.79. The molecule has 496 valence electrons. The fourth-order valence-corrected chi connectivity index (χ4v) is 11.2. The maximum atomic E-state index is 13.5. The second-order valence-corrected chi connectivity index (χ2v) is 25.0. The third-order valence-electron chi connectivity index (χ3n) is 16.9. The number of ether oxygens (including phenoxy) is 3. The van der Waals surface area contributed by atoms with Crippen molar-refractivity contribution in [2.24, 2.45) is 0 Å². The molecule has 0 saturated carbocycles. The van der Waals surface area contributed by atoms with Gasteiger partial charge in [-0.3, -0.25) is 9.59 Å². The van der Waals surface area contributed by atoms with Gasteiger partial charge in [-0.25, -0.2) is 0 Å². The first-order chi connectivity index (χ1) is 41.7. The fourth-order valence-electron chi connectivity index (χ4n) is 11.2. The van der Waals surface area contributed by atoms with Gasteiger partial charge in [0.25, 0.3) is 0 Å². The van der Waals surface area contributed by atoms with E-state index in [1.807, 2.05) is 6.08 Å².